The molecule has 18 heavy (non-hydrogen) atoms. The summed E-state index contributed by atoms with van der Waals surface area (Å²) in [5.41, 5.74) is 1.80. The summed E-state index contributed by atoms with van der Waals surface area (Å²) in [6.07, 6.45) is 0. The summed E-state index contributed by atoms with van der Waals surface area (Å²) < 4.78 is 18.5. The third-order valence-corrected chi connectivity index (χ3v) is 2.34. The lowest BCUT2D eigenvalue weighted by molar-refractivity contribution is -0.147. The molecule has 6 heteroatoms. The Morgan fingerprint density at radius 2 is 2.11 bits per heavy atom. The molecule has 0 aliphatic carbocycles. The molecule has 0 fully saturated rings. The van der Waals surface area contributed by atoms with Crippen LogP contribution in [0.2, 0.25) is 0 Å². The molecule has 1 aromatic rings. The van der Waals surface area contributed by atoms with E-state index in [-0.39, 0.29) is 12.4 Å². The van der Waals surface area contributed by atoms with Gasteiger partial charge >= 0.3 is 0 Å². The zero-order valence-electron chi connectivity index (χ0n) is 10.4. The molecule has 1 N–H and O–H groups in total. The maximum atomic E-state index is 12.8. The van der Waals surface area contributed by atoms with Gasteiger partial charge in [0.25, 0.3) is 5.91 Å². The number of benzene rings is 1. The Morgan fingerprint density at radius 1 is 1.44 bits per heavy atom. The van der Waals surface area contributed by atoms with E-state index in [1.807, 2.05) is 20.8 Å². The van der Waals surface area contributed by atoms with Crippen LogP contribution in [-0.2, 0) is 9.63 Å². The fraction of sp³-hybridized carbons (Fsp3) is 0.417. The number of ether oxygens (including phenoxy) is 1. The molecular formula is C12H15BrFNO3. The Labute approximate surface area is 114 Å². The number of hydroxylamine groups is 1. The van der Waals surface area contributed by atoms with E-state index in [0.717, 1.165) is 0 Å². The third kappa shape index (κ3) is 5.46. The highest BCUT2D eigenvalue weighted by Crippen LogP contribution is 2.25. The van der Waals surface area contributed by atoms with Crippen LogP contribution in [-0.4, -0.2) is 18.1 Å². The molecule has 0 saturated carbocycles. The smallest absolute Gasteiger partial charge is 0.281 e. The van der Waals surface area contributed by atoms with E-state index in [1.165, 1.54) is 18.2 Å². The van der Waals surface area contributed by atoms with E-state index in [4.69, 9.17) is 9.57 Å². The Balaban J connectivity index is 2.43. The molecular weight excluding hydrogens is 305 g/mol. The number of rotatable bonds is 4. The molecule has 0 aliphatic rings. The quantitative estimate of drug-likeness (QED) is 0.868. The van der Waals surface area contributed by atoms with Crippen molar-refractivity contribution in [2.45, 2.75) is 26.4 Å². The van der Waals surface area contributed by atoms with Crippen molar-refractivity contribution in [3.05, 3.63) is 28.5 Å². The number of hydrogen-bond donors (Lipinski definition) is 1. The second kappa shape index (κ2) is 6.15. The van der Waals surface area contributed by atoms with Crippen molar-refractivity contribution in [2.75, 3.05) is 6.61 Å². The predicted octanol–water partition coefficient (Wildman–Crippen LogP) is 2.81. The SMILES string of the molecule is CC(C)(C)ONC(=O)COc1ccc(F)cc1Br. The maximum Gasteiger partial charge on any atom is 0.281 e. The molecule has 0 bridgehead atoms. The van der Waals surface area contributed by atoms with Crippen LogP contribution < -0.4 is 10.2 Å². The van der Waals surface area contributed by atoms with Gasteiger partial charge in [0.05, 0.1) is 10.1 Å². The van der Waals surface area contributed by atoms with Crippen LogP contribution in [0.1, 0.15) is 20.8 Å². The van der Waals surface area contributed by atoms with Gasteiger partial charge in [-0.2, -0.15) is 0 Å². The number of nitrogens with one attached hydrogen (secondary N) is 1. The van der Waals surface area contributed by atoms with Gasteiger partial charge in [0.2, 0.25) is 0 Å². The van der Waals surface area contributed by atoms with Crippen molar-refractivity contribution in [3.63, 3.8) is 0 Å². The van der Waals surface area contributed by atoms with Gasteiger partial charge < -0.3 is 4.74 Å². The highest BCUT2D eigenvalue weighted by molar-refractivity contribution is 9.10. The lowest BCUT2D eigenvalue weighted by Gasteiger charge is -2.19. The molecule has 0 saturated heterocycles. The van der Waals surface area contributed by atoms with Gasteiger partial charge in [-0.1, -0.05) is 0 Å². The summed E-state index contributed by atoms with van der Waals surface area (Å²) in [4.78, 5) is 16.5. The predicted molar refractivity (Wildman–Crippen MR) is 68.6 cm³/mol. The molecule has 0 aliphatic heterocycles. The van der Waals surface area contributed by atoms with Crippen molar-refractivity contribution in [1.82, 2.24) is 5.48 Å². The molecule has 4 nitrogen and oxygen atoms in total. The molecule has 1 amide bonds. The van der Waals surface area contributed by atoms with E-state index < -0.39 is 11.5 Å². The van der Waals surface area contributed by atoms with Crippen LogP contribution >= 0.6 is 15.9 Å². The maximum absolute atomic E-state index is 12.8. The largest absolute Gasteiger partial charge is 0.483 e. The van der Waals surface area contributed by atoms with Gasteiger partial charge in [-0.3, -0.25) is 9.63 Å². The zero-order chi connectivity index (χ0) is 13.8. The van der Waals surface area contributed by atoms with Gasteiger partial charge in [-0.15, -0.1) is 0 Å². The second-order valence-corrected chi connectivity index (χ2v) is 5.46. The zero-order valence-corrected chi connectivity index (χ0v) is 12.0. The molecule has 0 unspecified atom stereocenters. The lowest BCUT2D eigenvalue weighted by atomic mass is 10.2. The van der Waals surface area contributed by atoms with Gasteiger partial charge in [-0.05, 0) is 54.9 Å². The van der Waals surface area contributed by atoms with Gasteiger partial charge in [-0.25, -0.2) is 9.87 Å². The third-order valence-electron chi connectivity index (χ3n) is 1.72. The minimum absolute atomic E-state index is 0.208. The van der Waals surface area contributed by atoms with Gasteiger partial charge in [0.1, 0.15) is 11.6 Å². The van der Waals surface area contributed by atoms with Crippen LogP contribution in [0.15, 0.2) is 22.7 Å². The first kappa shape index (κ1) is 14.9. The van der Waals surface area contributed by atoms with Crippen LogP contribution in [0, 0.1) is 5.82 Å². The summed E-state index contributed by atoms with van der Waals surface area (Å²) in [5, 5.41) is 0. The average Bonchev–Trinajstić information content (AvgIpc) is 2.24. The van der Waals surface area contributed by atoms with Gasteiger partial charge in [0.15, 0.2) is 6.61 Å². The van der Waals surface area contributed by atoms with Crippen LogP contribution in [0.3, 0.4) is 0 Å². The van der Waals surface area contributed by atoms with Crippen LogP contribution in [0.5, 0.6) is 5.75 Å². The summed E-state index contributed by atoms with van der Waals surface area (Å²) >= 11 is 3.14. The highest BCUT2D eigenvalue weighted by Gasteiger charge is 2.13. The Bertz CT molecular complexity index is 432. The monoisotopic (exact) mass is 319 g/mol. The summed E-state index contributed by atoms with van der Waals surface area (Å²) in [5.74, 6) is -0.404. The normalized spacial score (nSPS) is 11.2. The number of carbonyl (C=O) groups is 1. The highest BCUT2D eigenvalue weighted by atomic mass is 79.9. The molecule has 1 aromatic carbocycles. The lowest BCUT2D eigenvalue weighted by Crippen LogP contribution is -2.36. The van der Waals surface area contributed by atoms with Crippen molar-refractivity contribution >= 4 is 21.8 Å². The van der Waals surface area contributed by atoms with Crippen molar-refractivity contribution < 1.29 is 18.8 Å². The van der Waals surface area contributed by atoms with E-state index in [9.17, 15) is 9.18 Å². The minimum Gasteiger partial charge on any atom is -0.483 e. The van der Waals surface area contributed by atoms with Crippen molar-refractivity contribution in [1.29, 1.82) is 0 Å². The van der Waals surface area contributed by atoms with E-state index >= 15 is 0 Å². The van der Waals surface area contributed by atoms with E-state index in [1.54, 1.807) is 0 Å². The summed E-state index contributed by atoms with van der Waals surface area (Å²) in [6.45, 7) is 5.22. The first-order chi connectivity index (χ1) is 8.28. The van der Waals surface area contributed by atoms with Crippen molar-refractivity contribution in [3.8, 4) is 5.75 Å². The summed E-state index contributed by atoms with van der Waals surface area (Å²) in [7, 11) is 0. The van der Waals surface area contributed by atoms with Crippen LogP contribution in [0.4, 0.5) is 4.39 Å². The molecule has 100 valence electrons. The van der Waals surface area contributed by atoms with Crippen molar-refractivity contribution in [2.24, 2.45) is 0 Å². The average molecular weight is 320 g/mol. The molecule has 0 atom stereocenters. The molecule has 1 rings (SSSR count). The Kier molecular flexibility index (Phi) is 5.10. The fourth-order valence-corrected chi connectivity index (χ4v) is 1.44. The van der Waals surface area contributed by atoms with Gasteiger partial charge in [0, 0.05) is 0 Å². The number of hydrogen-bond acceptors (Lipinski definition) is 3. The Hall–Kier alpha value is -1.14. The number of carbonyl (C=O) groups excluding carboxylic acids is 1. The fourth-order valence-electron chi connectivity index (χ4n) is 0.975. The van der Waals surface area contributed by atoms with Crippen LogP contribution in [0.25, 0.3) is 0 Å². The minimum atomic E-state index is -0.466. The first-order valence-corrected chi connectivity index (χ1v) is 6.12. The molecule has 0 aromatic heterocycles. The Morgan fingerprint density at radius 3 is 2.67 bits per heavy atom. The summed E-state index contributed by atoms with van der Waals surface area (Å²) in [6, 6.07) is 3.96. The molecule has 0 radical (unpaired) electrons. The standard InChI is InChI=1S/C12H15BrFNO3/c1-12(2,3)18-15-11(16)7-17-10-5-4-8(14)6-9(10)13/h4-6H,7H2,1-3H3,(H,15,16). The first-order valence-electron chi connectivity index (χ1n) is 5.32. The topological polar surface area (TPSA) is 47.6 Å². The number of amides is 1. The van der Waals surface area contributed by atoms with E-state index in [0.29, 0.717) is 10.2 Å². The molecule has 0 heterocycles. The van der Waals surface area contributed by atoms with E-state index in [2.05, 4.69) is 21.4 Å². The second-order valence-electron chi connectivity index (χ2n) is 4.60. The molecule has 0 spiro atoms. The number of halogens is 2.